The molecule has 1 saturated carbocycles. The van der Waals surface area contributed by atoms with E-state index in [1.54, 1.807) is 0 Å². The van der Waals surface area contributed by atoms with Gasteiger partial charge in [-0.3, -0.25) is 4.79 Å². The van der Waals surface area contributed by atoms with Crippen LogP contribution in [0.25, 0.3) is 0 Å². The fraction of sp³-hybridized carbons (Fsp3) is 0.650. The Labute approximate surface area is 140 Å². The van der Waals surface area contributed by atoms with Crippen molar-refractivity contribution < 1.29 is 14.3 Å². The Morgan fingerprint density at radius 1 is 1.13 bits per heavy atom. The van der Waals surface area contributed by atoms with Gasteiger partial charge in [0.1, 0.15) is 17.1 Å². The molecule has 0 radical (unpaired) electrons. The third kappa shape index (κ3) is 4.07. The van der Waals surface area contributed by atoms with Gasteiger partial charge < -0.3 is 9.47 Å². The Bertz CT molecular complexity index is 522. The van der Waals surface area contributed by atoms with Gasteiger partial charge in [0.05, 0.1) is 5.41 Å². The van der Waals surface area contributed by atoms with Crippen LogP contribution in [0.4, 0.5) is 0 Å². The van der Waals surface area contributed by atoms with Crippen molar-refractivity contribution in [3.63, 3.8) is 0 Å². The van der Waals surface area contributed by atoms with Crippen LogP contribution in [0.5, 0.6) is 11.5 Å². The van der Waals surface area contributed by atoms with Crippen LogP contribution in [0, 0.1) is 11.3 Å². The van der Waals surface area contributed by atoms with Crippen molar-refractivity contribution in [2.75, 3.05) is 0 Å². The van der Waals surface area contributed by atoms with E-state index in [1.165, 1.54) is 12.8 Å². The highest BCUT2D eigenvalue weighted by Gasteiger charge is 2.39. The highest BCUT2D eigenvalue weighted by Crippen LogP contribution is 2.40. The first-order chi connectivity index (χ1) is 10.8. The second-order valence-electron chi connectivity index (χ2n) is 7.63. The van der Waals surface area contributed by atoms with Crippen molar-refractivity contribution in [1.82, 2.24) is 0 Å². The zero-order valence-corrected chi connectivity index (χ0v) is 15.1. The van der Waals surface area contributed by atoms with Crippen LogP contribution in [-0.4, -0.2) is 11.6 Å². The molecule has 2 rings (SSSR count). The number of benzene rings is 1. The van der Waals surface area contributed by atoms with Gasteiger partial charge in [-0.1, -0.05) is 20.8 Å². The van der Waals surface area contributed by atoms with E-state index in [0.717, 1.165) is 25.0 Å². The molecule has 1 aliphatic rings. The summed E-state index contributed by atoms with van der Waals surface area (Å²) < 4.78 is 11.8. The summed E-state index contributed by atoms with van der Waals surface area (Å²) in [5.74, 6) is 1.74. The lowest BCUT2D eigenvalue weighted by Crippen LogP contribution is -2.38. The molecule has 3 heteroatoms. The van der Waals surface area contributed by atoms with Gasteiger partial charge in [0.15, 0.2) is 0 Å². The monoisotopic (exact) mass is 318 g/mol. The van der Waals surface area contributed by atoms with Crippen molar-refractivity contribution in [2.45, 2.75) is 72.3 Å². The second-order valence-corrected chi connectivity index (χ2v) is 7.63. The second kappa shape index (κ2) is 6.94. The van der Waals surface area contributed by atoms with Gasteiger partial charge in [-0.15, -0.1) is 0 Å². The van der Waals surface area contributed by atoms with Crippen LogP contribution in [0.1, 0.15) is 66.7 Å². The quantitative estimate of drug-likeness (QED) is 0.522. The molecule has 0 bridgehead atoms. The topological polar surface area (TPSA) is 35.5 Å². The molecule has 23 heavy (non-hydrogen) atoms. The average molecular weight is 318 g/mol. The van der Waals surface area contributed by atoms with E-state index in [2.05, 4.69) is 13.8 Å². The molecule has 128 valence electrons. The lowest BCUT2D eigenvalue weighted by Gasteiger charge is -2.34. The predicted molar refractivity (Wildman–Crippen MR) is 92.8 cm³/mol. The summed E-state index contributed by atoms with van der Waals surface area (Å²) in [5.41, 5.74) is -0.497. The van der Waals surface area contributed by atoms with Crippen LogP contribution in [-0.2, 0) is 4.79 Å². The molecule has 0 atom stereocenters. The standard InChI is InChI=1S/C20H30O3/c1-6-19(4,5)18(21)22-16-9-11-17(12-10-16)23-20(15(2)3)13-7-8-14-20/h9-12,15H,6-8,13-14H2,1-5H3. The molecular formula is C20H30O3. The van der Waals surface area contributed by atoms with E-state index in [1.807, 2.05) is 45.0 Å². The van der Waals surface area contributed by atoms with Gasteiger partial charge in [-0.05, 0) is 76.1 Å². The van der Waals surface area contributed by atoms with Gasteiger partial charge in [0, 0.05) is 0 Å². The van der Waals surface area contributed by atoms with Crippen molar-refractivity contribution in [2.24, 2.45) is 11.3 Å². The Balaban J connectivity index is 2.04. The Morgan fingerprint density at radius 2 is 1.65 bits per heavy atom. The lowest BCUT2D eigenvalue weighted by atomic mass is 9.88. The van der Waals surface area contributed by atoms with Crippen LogP contribution in [0.15, 0.2) is 24.3 Å². The molecule has 0 saturated heterocycles. The maximum absolute atomic E-state index is 12.1. The Morgan fingerprint density at radius 3 is 2.13 bits per heavy atom. The first-order valence-corrected chi connectivity index (χ1v) is 8.80. The summed E-state index contributed by atoms with van der Waals surface area (Å²) in [5, 5.41) is 0. The van der Waals surface area contributed by atoms with Gasteiger partial charge in [0.2, 0.25) is 0 Å². The third-order valence-corrected chi connectivity index (χ3v) is 5.29. The number of esters is 1. The Kier molecular flexibility index (Phi) is 5.38. The molecule has 1 fully saturated rings. The van der Waals surface area contributed by atoms with Crippen molar-refractivity contribution in [3.05, 3.63) is 24.3 Å². The SMILES string of the molecule is CCC(C)(C)C(=O)Oc1ccc(OC2(C(C)C)CCCC2)cc1. The fourth-order valence-corrected chi connectivity index (χ4v) is 2.97. The molecule has 0 spiro atoms. The largest absolute Gasteiger partial charge is 0.487 e. The Hall–Kier alpha value is -1.51. The first-order valence-electron chi connectivity index (χ1n) is 8.80. The average Bonchev–Trinajstić information content (AvgIpc) is 2.99. The van der Waals surface area contributed by atoms with E-state index >= 15 is 0 Å². The van der Waals surface area contributed by atoms with E-state index < -0.39 is 5.41 Å². The number of rotatable bonds is 6. The van der Waals surface area contributed by atoms with Crippen molar-refractivity contribution in [1.29, 1.82) is 0 Å². The number of hydrogen-bond acceptors (Lipinski definition) is 3. The van der Waals surface area contributed by atoms with Crippen molar-refractivity contribution >= 4 is 5.97 Å². The molecular weight excluding hydrogens is 288 g/mol. The molecule has 3 nitrogen and oxygen atoms in total. The molecule has 1 aliphatic carbocycles. The minimum Gasteiger partial charge on any atom is -0.487 e. The maximum Gasteiger partial charge on any atom is 0.316 e. The van der Waals surface area contributed by atoms with Crippen LogP contribution >= 0.6 is 0 Å². The summed E-state index contributed by atoms with van der Waals surface area (Å²) >= 11 is 0. The van der Waals surface area contributed by atoms with E-state index in [9.17, 15) is 4.79 Å². The number of ether oxygens (including phenoxy) is 2. The minimum absolute atomic E-state index is 0.0393. The smallest absolute Gasteiger partial charge is 0.316 e. The van der Waals surface area contributed by atoms with Gasteiger partial charge >= 0.3 is 5.97 Å². The van der Waals surface area contributed by atoms with Gasteiger partial charge in [-0.25, -0.2) is 0 Å². The maximum atomic E-state index is 12.1. The summed E-state index contributed by atoms with van der Waals surface area (Å²) in [6.07, 6.45) is 5.46. The number of hydrogen-bond donors (Lipinski definition) is 0. The fourth-order valence-electron chi connectivity index (χ4n) is 2.97. The summed E-state index contributed by atoms with van der Waals surface area (Å²) in [6, 6.07) is 7.46. The number of carbonyl (C=O) groups excluding carboxylic acids is 1. The predicted octanol–water partition coefficient (Wildman–Crippen LogP) is 5.38. The molecule has 0 N–H and O–H groups in total. The normalized spacial score (nSPS) is 17.3. The third-order valence-electron chi connectivity index (χ3n) is 5.29. The lowest BCUT2D eigenvalue weighted by molar-refractivity contribution is -0.144. The summed E-state index contributed by atoms with van der Waals surface area (Å²) in [6.45, 7) is 10.3. The zero-order valence-electron chi connectivity index (χ0n) is 15.1. The molecule has 0 aliphatic heterocycles. The molecule has 1 aromatic rings. The summed E-state index contributed by atoms with van der Waals surface area (Å²) in [7, 11) is 0. The van der Waals surface area contributed by atoms with Gasteiger partial charge in [0.25, 0.3) is 0 Å². The van der Waals surface area contributed by atoms with E-state index in [0.29, 0.717) is 11.7 Å². The van der Waals surface area contributed by atoms with Gasteiger partial charge in [-0.2, -0.15) is 0 Å². The van der Waals surface area contributed by atoms with Crippen LogP contribution in [0.2, 0.25) is 0 Å². The zero-order chi connectivity index (χ0) is 17.1. The summed E-state index contributed by atoms with van der Waals surface area (Å²) in [4.78, 5) is 12.1. The first kappa shape index (κ1) is 17.8. The molecule has 0 amide bonds. The molecule has 0 aromatic heterocycles. The van der Waals surface area contributed by atoms with E-state index in [-0.39, 0.29) is 11.6 Å². The highest BCUT2D eigenvalue weighted by atomic mass is 16.5. The van der Waals surface area contributed by atoms with Crippen LogP contribution in [0.3, 0.4) is 0 Å². The van der Waals surface area contributed by atoms with E-state index in [4.69, 9.17) is 9.47 Å². The minimum atomic E-state index is -0.458. The number of carbonyl (C=O) groups is 1. The molecule has 1 aromatic carbocycles. The molecule has 0 heterocycles. The van der Waals surface area contributed by atoms with Crippen LogP contribution < -0.4 is 9.47 Å². The molecule has 0 unspecified atom stereocenters. The highest BCUT2D eigenvalue weighted by molar-refractivity contribution is 5.78. The van der Waals surface area contributed by atoms with Crippen molar-refractivity contribution in [3.8, 4) is 11.5 Å².